The smallest absolute Gasteiger partial charge is 0.247 e. The van der Waals surface area contributed by atoms with Gasteiger partial charge in [0.2, 0.25) is 5.95 Å². The van der Waals surface area contributed by atoms with E-state index in [1.54, 1.807) is 6.20 Å². The number of fused-ring (bicyclic) bond motifs is 2. The molecule has 0 amide bonds. The lowest BCUT2D eigenvalue weighted by Gasteiger charge is -2.24. The van der Waals surface area contributed by atoms with Crippen molar-refractivity contribution in [2.75, 3.05) is 5.32 Å². The molecule has 0 aliphatic heterocycles. The van der Waals surface area contributed by atoms with Gasteiger partial charge in [0.15, 0.2) is 5.65 Å². The maximum Gasteiger partial charge on any atom is 0.247 e. The summed E-state index contributed by atoms with van der Waals surface area (Å²) < 4.78 is 1.82. The molecule has 0 spiro atoms. The summed E-state index contributed by atoms with van der Waals surface area (Å²) in [5, 5.41) is 26.0. The van der Waals surface area contributed by atoms with Crippen molar-refractivity contribution >= 4 is 28.2 Å². The van der Waals surface area contributed by atoms with Gasteiger partial charge in [-0.15, -0.1) is 5.10 Å². The first-order valence-electron chi connectivity index (χ1n) is 9.76. The van der Waals surface area contributed by atoms with Crippen LogP contribution in [0.3, 0.4) is 0 Å². The van der Waals surface area contributed by atoms with E-state index in [0.717, 1.165) is 65.9 Å². The number of nitrogens with zero attached hydrogens (tertiary/aromatic N) is 5. The third-order valence-corrected chi connectivity index (χ3v) is 5.61. The molecular formula is C20H23N7O. The van der Waals surface area contributed by atoms with Gasteiger partial charge in [0.25, 0.3) is 0 Å². The molecule has 1 saturated carbocycles. The zero-order valence-corrected chi connectivity index (χ0v) is 15.8. The van der Waals surface area contributed by atoms with Gasteiger partial charge in [-0.3, -0.25) is 5.10 Å². The summed E-state index contributed by atoms with van der Waals surface area (Å²) in [5.74, 6) is 1.99. The molecule has 0 radical (unpaired) electrons. The van der Waals surface area contributed by atoms with E-state index < -0.39 is 0 Å². The maximum absolute atomic E-state index is 9.72. The number of nitrogens with one attached hydrogen (secondary N) is 2. The third-order valence-electron chi connectivity index (χ3n) is 5.61. The minimum Gasteiger partial charge on any atom is -0.393 e. The molecule has 3 heterocycles. The maximum atomic E-state index is 9.72. The Hall–Kier alpha value is -3.00. The molecule has 3 N–H and O–H groups in total. The molecule has 8 heteroatoms. The van der Waals surface area contributed by atoms with Crippen LogP contribution in [0.5, 0.6) is 0 Å². The standard InChI is InChI=1S/C20H23N7O/c1-12-16-7-4-14(11-17(16)25-24-12)22-20-23-18-8-9-21-19(27(18)26-20)10-13-2-5-15(28)6-3-13/h4,7-9,11,13,15,28H,2-3,5-6,10H2,1H3,(H,22,26)(H,24,25). The van der Waals surface area contributed by atoms with Gasteiger partial charge in [-0.2, -0.15) is 14.6 Å². The van der Waals surface area contributed by atoms with Crippen molar-refractivity contribution in [2.45, 2.75) is 45.1 Å². The van der Waals surface area contributed by atoms with E-state index >= 15 is 0 Å². The summed E-state index contributed by atoms with van der Waals surface area (Å²) in [5.41, 5.74) is 3.64. The number of aromatic amines is 1. The molecule has 4 aromatic rings. The Kier molecular flexibility index (Phi) is 4.20. The molecular weight excluding hydrogens is 354 g/mol. The van der Waals surface area contributed by atoms with Gasteiger partial charge in [0.05, 0.1) is 11.6 Å². The van der Waals surface area contributed by atoms with E-state index in [0.29, 0.717) is 11.9 Å². The van der Waals surface area contributed by atoms with Crippen LogP contribution in [0.4, 0.5) is 11.6 Å². The minimum atomic E-state index is -0.141. The van der Waals surface area contributed by atoms with E-state index in [9.17, 15) is 5.11 Å². The summed E-state index contributed by atoms with van der Waals surface area (Å²) in [6, 6.07) is 7.89. The van der Waals surface area contributed by atoms with Crippen LogP contribution in [-0.2, 0) is 6.42 Å². The molecule has 1 fully saturated rings. The average molecular weight is 377 g/mol. The molecule has 1 aliphatic carbocycles. The van der Waals surface area contributed by atoms with Crippen molar-refractivity contribution in [1.82, 2.24) is 29.8 Å². The summed E-state index contributed by atoms with van der Waals surface area (Å²) in [4.78, 5) is 9.13. The highest BCUT2D eigenvalue weighted by molar-refractivity contribution is 5.84. The minimum absolute atomic E-state index is 0.141. The highest BCUT2D eigenvalue weighted by Gasteiger charge is 2.21. The van der Waals surface area contributed by atoms with Gasteiger partial charge in [-0.1, -0.05) is 0 Å². The molecule has 144 valence electrons. The predicted molar refractivity (Wildman–Crippen MR) is 107 cm³/mol. The Morgan fingerprint density at radius 3 is 2.93 bits per heavy atom. The number of H-pyrrole nitrogens is 1. The molecule has 5 rings (SSSR count). The lowest BCUT2D eigenvalue weighted by Crippen LogP contribution is -2.21. The zero-order chi connectivity index (χ0) is 19.1. The van der Waals surface area contributed by atoms with E-state index in [4.69, 9.17) is 0 Å². The summed E-state index contributed by atoms with van der Waals surface area (Å²) in [6.45, 7) is 2.01. The van der Waals surface area contributed by atoms with Crippen molar-refractivity contribution < 1.29 is 5.11 Å². The number of anilines is 2. The predicted octanol–water partition coefficient (Wildman–Crippen LogP) is 3.15. The Morgan fingerprint density at radius 1 is 1.21 bits per heavy atom. The highest BCUT2D eigenvalue weighted by Crippen LogP contribution is 2.27. The quantitative estimate of drug-likeness (QED) is 0.505. The van der Waals surface area contributed by atoms with Crippen LogP contribution in [0.15, 0.2) is 30.5 Å². The molecule has 8 nitrogen and oxygen atoms in total. The van der Waals surface area contributed by atoms with Crippen molar-refractivity contribution in [3.8, 4) is 0 Å². The largest absolute Gasteiger partial charge is 0.393 e. The van der Waals surface area contributed by atoms with Gasteiger partial charge in [0.1, 0.15) is 5.82 Å². The molecule has 0 unspecified atom stereocenters. The number of aromatic nitrogens is 6. The van der Waals surface area contributed by atoms with E-state index in [2.05, 4.69) is 30.6 Å². The van der Waals surface area contributed by atoms with Gasteiger partial charge in [-0.25, -0.2) is 4.98 Å². The summed E-state index contributed by atoms with van der Waals surface area (Å²) in [6.07, 6.45) is 6.31. The fourth-order valence-corrected chi connectivity index (χ4v) is 4.02. The van der Waals surface area contributed by atoms with Crippen molar-refractivity contribution in [2.24, 2.45) is 5.92 Å². The summed E-state index contributed by atoms with van der Waals surface area (Å²) >= 11 is 0. The number of hydrogen-bond acceptors (Lipinski definition) is 6. The Balaban J connectivity index is 1.39. The monoisotopic (exact) mass is 377 g/mol. The van der Waals surface area contributed by atoms with Crippen LogP contribution in [0.25, 0.3) is 16.6 Å². The fraction of sp³-hybridized carbons (Fsp3) is 0.400. The Morgan fingerprint density at radius 2 is 2.07 bits per heavy atom. The molecule has 0 atom stereocenters. The van der Waals surface area contributed by atoms with Crippen LogP contribution >= 0.6 is 0 Å². The van der Waals surface area contributed by atoms with Gasteiger partial charge >= 0.3 is 0 Å². The number of aliphatic hydroxyl groups excluding tert-OH is 1. The number of hydrogen-bond donors (Lipinski definition) is 3. The van der Waals surface area contributed by atoms with Crippen molar-refractivity contribution in [1.29, 1.82) is 0 Å². The normalized spacial score (nSPS) is 20.1. The number of aryl methyl sites for hydroxylation is 1. The molecule has 0 bridgehead atoms. The lowest BCUT2D eigenvalue weighted by atomic mass is 9.85. The molecule has 1 aromatic carbocycles. The number of benzene rings is 1. The van der Waals surface area contributed by atoms with E-state index in [-0.39, 0.29) is 6.10 Å². The first-order valence-corrected chi connectivity index (χ1v) is 9.76. The fourth-order valence-electron chi connectivity index (χ4n) is 4.02. The van der Waals surface area contributed by atoms with E-state index in [1.165, 1.54) is 0 Å². The second-order valence-electron chi connectivity index (χ2n) is 7.65. The Labute approximate surface area is 162 Å². The molecule has 1 aliphatic rings. The van der Waals surface area contributed by atoms with Crippen LogP contribution in [0, 0.1) is 12.8 Å². The molecule has 3 aromatic heterocycles. The van der Waals surface area contributed by atoms with Gasteiger partial charge in [-0.05, 0) is 56.7 Å². The van der Waals surface area contributed by atoms with Crippen LogP contribution in [0.1, 0.15) is 37.2 Å². The van der Waals surface area contributed by atoms with E-state index in [1.807, 2.05) is 35.7 Å². The third kappa shape index (κ3) is 3.20. The lowest BCUT2D eigenvalue weighted by molar-refractivity contribution is 0.108. The zero-order valence-electron chi connectivity index (χ0n) is 15.8. The second-order valence-corrected chi connectivity index (χ2v) is 7.65. The highest BCUT2D eigenvalue weighted by atomic mass is 16.3. The Bertz CT molecular complexity index is 1120. The van der Waals surface area contributed by atoms with Crippen molar-refractivity contribution in [3.05, 3.63) is 42.0 Å². The molecule has 28 heavy (non-hydrogen) atoms. The average Bonchev–Trinajstić information content (AvgIpc) is 3.27. The van der Waals surface area contributed by atoms with Crippen LogP contribution in [-0.4, -0.2) is 41.0 Å². The van der Waals surface area contributed by atoms with Gasteiger partial charge < -0.3 is 10.4 Å². The number of rotatable bonds is 4. The van der Waals surface area contributed by atoms with Gasteiger partial charge in [0, 0.05) is 35.5 Å². The summed E-state index contributed by atoms with van der Waals surface area (Å²) in [7, 11) is 0. The topological polar surface area (TPSA) is 104 Å². The first kappa shape index (κ1) is 17.1. The number of aliphatic hydroxyl groups is 1. The van der Waals surface area contributed by atoms with Crippen molar-refractivity contribution in [3.63, 3.8) is 0 Å². The molecule has 0 saturated heterocycles. The van der Waals surface area contributed by atoms with Crippen LogP contribution in [0.2, 0.25) is 0 Å². The SMILES string of the molecule is Cc1[nH]nc2cc(Nc3nc4ccnc(CC5CCC(O)CC5)n4n3)ccc12. The first-order chi connectivity index (χ1) is 13.7. The second kappa shape index (κ2) is 6.87. The van der Waals surface area contributed by atoms with Crippen LogP contribution < -0.4 is 5.32 Å².